The van der Waals surface area contributed by atoms with Crippen LogP contribution in [0.2, 0.25) is 0 Å². The number of aromatic nitrogens is 2. The Morgan fingerprint density at radius 2 is 1.92 bits per heavy atom. The van der Waals surface area contributed by atoms with Gasteiger partial charge in [-0.2, -0.15) is 5.10 Å². The average molecular weight is 341 g/mol. The second kappa shape index (κ2) is 6.51. The Morgan fingerprint density at radius 3 is 2.56 bits per heavy atom. The first kappa shape index (κ1) is 16.9. The highest BCUT2D eigenvalue weighted by atomic mass is 16.4. The largest absolute Gasteiger partial charge is 0.481 e. The molecule has 1 aromatic heterocycles. The van der Waals surface area contributed by atoms with Crippen molar-refractivity contribution in [1.29, 1.82) is 0 Å². The summed E-state index contributed by atoms with van der Waals surface area (Å²) in [6.45, 7) is 1.95. The summed E-state index contributed by atoms with van der Waals surface area (Å²) in [5.74, 6) is -1.21. The predicted molar refractivity (Wildman–Crippen MR) is 90.9 cm³/mol. The van der Waals surface area contributed by atoms with Gasteiger partial charge in [-0.25, -0.2) is 4.68 Å². The molecule has 2 heterocycles. The number of rotatable bonds is 4. The van der Waals surface area contributed by atoms with Crippen molar-refractivity contribution in [2.45, 2.75) is 19.9 Å². The molecule has 25 heavy (non-hydrogen) atoms. The summed E-state index contributed by atoms with van der Waals surface area (Å²) in [6.07, 6.45) is 0.403. The van der Waals surface area contributed by atoms with Crippen LogP contribution in [0.15, 0.2) is 47.3 Å². The highest BCUT2D eigenvalue weighted by molar-refractivity contribution is 5.80. The van der Waals surface area contributed by atoms with Crippen LogP contribution in [0.4, 0.5) is 0 Å². The minimum Gasteiger partial charge on any atom is -0.481 e. The molecule has 0 radical (unpaired) electrons. The van der Waals surface area contributed by atoms with Crippen LogP contribution < -0.4 is 5.56 Å². The van der Waals surface area contributed by atoms with E-state index in [0.29, 0.717) is 18.7 Å². The van der Waals surface area contributed by atoms with Crippen molar-refractivity contribution < 1.29 is 14.7 Å². The number of carbonyl (C=O) groups is 2. The zero-order chi connectivity index (χ0) is 18.0. The molecule has 0 aliphatic carbocycles. The third-order valence-corrected chi connectivity index (χ3v) is 4.56. The number of hydrogen-bond acceptors (Lipinski definition) is 4. The predicted octanol–water partition coefficient (Wildman–Crippen LogP) is 1.23. The molecule has 0 saturated carbocycles. The SMILES string of the molecule is CC1(C(=O)O)CCN(C(=O)Cn2nc(-c3ccccc3)ccc2=O)C1. The third kappa shape index (κ3) is 3.45. The van der Waals surface area contributed by atoms with Gasteiger partial charge in [-0.1, -0.05) is 30.3 Å². The van der Waals surface area contributed by atoms with Gasteiger partial charge >= 0.3 is 5.97 Å². The maximum Gasteiger partial charge on any atom is 0.311 e. The monoisotopic (exact) mass is 341 g/mol. The van der Waals surface area contributed by atoms with Gasteiger partial charge in [0.15, 0.2) is 0 Å². The number of likely N-dealkylation sites (tertiary alicyclic amines) is 1. The fourth-order valence-electron chi connectivity index (χ4n) is 2.90. The molecule has 0 bridgehead atoms. The van der Waals surface area contributed by atoms with E-state index < -0.39 is 11.4 Å². The molecule has 1 N–H and O–H groups in total. The maximum absolute atomic E-state index is 12.5. The quantitative estimate of drug-likeness (QED) is 0.903. The first-order valence-corrected chi connectivity index (χ1v) is 8.04. The molecule has 1 fully saturated rings. The maximum atomic E-state index is 12.5. The average Bonchev–Trinajstić information content (AvgIpc) is 3.02. The lowest BCUT2D eigenvalue weighted by Crippen LogP contribution is -2.38. The number of hydrogen-bond donors (Lipinski definition) is 1. The topological polar surface area (TPSA) is 92.5 Å². The first-order chi connectivity index (χ1) is 11.9. The smallest absolute Gasteiger partial charge is 0.311 e. The number of carboxylic acids is 1. The molecule has 0 spiro atoms. The van der Waals surface area contributed by atoms with E-state index >= 15 is 0 Å². The summed E-state index contributed by atoms with van der Waals surface area (Å²) < 4.78 is 1.13. The van der Waals surface area contributed by atoms with Crippen LogP contribution >= 0.6 is 0 Å². The summed E-state index contributed by atoms with van der Waals surface area (Å²) in [5.41, 5.74) is 0.154. The van der Waals surface area contributed by atoms with Crippen LogP contribution in [-0.4, -0.2) is 44.8 Å². The van der Waals surface area contributed by atoms with Crippen LogP contribution in [0.1, 0.15) is 13.3 Å². The van der Waals surface area contributed by atoms with Crippen LogP contribution in [0.25, 0.3) is 11.3 Å². The van der Waals surface area contributed by atoms with Gasteiger partial charge in [0.05, 0.1) is 11.1 Å². The number of carboxylic acid groups (broad SMARTS) is 1. The minimum absolute atomic E-state index is 0.147. The molecule has 1 aliphatic rings. The Morgan fingerprint density at radius 1 is 1.20 bits per heavy atom. The molecule has 130 valence electrons. The van der Waals surface area contributed by atoms with Crippen LogP contribution in [0, 0.1) is 5.41 Å². The minimum atomic E-state index is -0.931. The zero-order valence-corrected chi connectivity index (χ0v) is 13.9. The Bertz CT molecular complexity index is 862. The highest BCUT2D eigenvalue weighted by Gasteiger charge is 2.42. The second-order valence-electron chi connectivity index (χ2n) is 6.51. The van der Waals surface area contributed by atoms with Gasteiger partial charge in [0, 0.05) is 24.7 Å². The van der Waals surface area contributed by atoms with Crippen molar-refractivity contribution in [2.75, 3.05) is 13.1 Å². The van der Waals surface area contributed by atoms with Crippen LogP contribution in [-0.2, 0) is 16.1 Å². The van der Waals surface area contributed by atoms with E-state index in [1.807, 2.05) is 30.3 Å². The molecular formula is C18H19N3O4. The standard InChI is InChI=1S/C18H19N3O4/c1-18(17(24)25)9-10-20(12-18)16(23)11-21-15(22)8-7-14(19-21)13-5-3-2-4-6-13/h2-8H,9-12H2,1H3,(H,24,25). The molecule has 1 unspecified atom stereocenters. The summed E-state index contributed by atoms with van der Waals surface area (Å²) in [5, 5.41) is 13.5. The van der Waals surface area contributed by atoms with Crippen molar-refractivity contribution in [1.82, 2.24) is 14.7 Å². The van der Waals surface area contributed by atoms with Crippen molar-refractivity contribution in [2.24, 2.45) is 5.41 Å². The Labute approximate surface area is 144 Å². The molecule has 3 rings (SSSR count). The Balaban J connectivity index is 1.78. The van der Waals surface area contributed by atoms with E-state index in [1.165, 1.54) is 11.0 Å². The second-order valence-corrected chi connectivity index (χ2v) is 6.51. The van der Waals surface area contributed by atoms with E-state index in [2.05, 4.69) is 5.10 Å². The number of carbonyl (C=O) groups excluding carboxylic acids is 1. The van der Waals surface area contributed by atoms with E-state index in [0.717, 1.165) is 10.2 Å². The van der Waals surface area contributed by atoms with Gasteiger partial charge in [-0.15, -0.1) is 0 Å². The summed E-state index contributed by atoms with van der Waals surface area (Å²) in [7, 11) is 0. The van der Waals surface area contributed by atoms with Gasteiger partial charge in [-0.05, 0) is 19.4 Å². The third-order valence-electron chi connectivity index (χ3n) is 4.56. The fourth-order valence-corrected chi connectivity index (χ4v) is 2.90. The molecule has 7 nitrogen and oxygen atoms in total. The number of benzene rings is 1. The summed E-state index contributed by atoms with van der Waals surface area (Å²) >= 11 is 0. The molecule has 1 aromatic carbocycles. The zero-order valence-electron chi connectivity index (χ0n) is 13.9. The van der Waals surface area contributed by atoms with Crippen molar-refractivity contribution >= 4 is 11.9 Å². The van der Waals surface area contributed by atoms with Crippen molar-refractivity contribution in [3.63, 3.8) is 0 Å². The van der Waals surface area contributed by atoms with E-state index in [9.17, 15) is 19.5 Å². The van der Waals surface area contributed by atoms with Gasteiger partial charge in [-0.3, -0.25) is 14.4 Å². The van der Waals surface area contributed by atoms with Gasteiger partial charge in [0.1, 0.15) is 6.54 Å². The lowest BCUT2D eigenvalue weighted by atomic mass is 9.90. The molecule has 1 aliphatic heterocycles. The number of nitrogens with zero attached hydrogens (tertiary/aromatic N) is 3. The number of amides is 1. The molecule has 2 aromatic rings. The summed E-state index contributed by atoms with van der Waals surface area (Å²) in [4.78, 5) is 37.3. The lowest BCUT2D eigenvalue weighted by molar-refractivity contribution is -0.147. The van der Waals surface area contributed by atoms with Gasteiger partial charge < -0.3 is 10.0 Å². The molecule has 1 atom stereocenters. The van der Waals surface area contributed by atoms with Crippen molar-refractivity contribution in [3.8, 4) is 11.3 Å². The Hall–Kier alpha value is -2.96. The van der Waals surface area contributed by atoms with E-state index in [1.54, 1.807) is 13.0 Å². The molecule has 1 amide bonds. The van der Waals surface area contributed by atoms with E-state index in [-0.39, 0.29) is 24.6 Å². The fraction of sp³-hybridized carbons (Fsp3) is 0.333. The molecule has 1 saturated heterocycles. The van der Waals surface area contributed by atoms with Gasteiger partial charge in [0.2, 0.25) is 5.91 Å². The molecule has 7 heteroatoms. The highest BCUT2D eigenvalue weighted by Crippen LogP contribution is 2.30. The lowest BCUT2D eigenvalue weighted by Gasteiger charge is -2.20. The summed E-state index contributed by atoms with van der Waals surface area (Å²) in [6, 6.07) is 12.4. The number of aliphatic carboxylic acids is 1. The Kier molecular flexibility index (Phi) is 4.39. The normalized spacial score (nSPS) is 19.8. The van der Waals surface area contributed by atoms with E-state index in [4.69, 9.17) is 0 Å². The van der Waals surface area contributed by atoms with Gasteiger partial charge in [0.25, 0.3) is 5.56 Å². The van der Waals surface area contributed by atoms with Crippen LogP contribution in [0.5, 0.6) is 0 Å². The van der Waals surface area contributed by atoms with Crippen molar-refractivity contribution in [3.05, 3.63) is 52.8 Å². The molecular weight excluding hydrogens is 322 g/mol. The van der Waals surface area contributed by atoms with Crippen LogP contribution in [0.3, 0.4) is 0 Å². The first-order valence-electron chi connectivity index (χ1n) is 8.04.